The molecular weight excluding hydrogens is 371 g/mol. The summed E-state index contributed by atoms with van der Waals surface area (Å²) < 4.78 is 0. The molecule has 0 spiro atoms. The number of rotatable bonds is 8. The Balaban J connectivity index is 0.000000370. The Morgan fingerprint density at radius 1 is 0.690 bits per heavy atom. The summed E-state index contributed by atoms with van der Waals surface area (Å²) in [6, 6.07) is 33.4. The van der Waals surface area contributed by atoms with Crippen LogP contribution in [-0.2, 0) is 0 Å². The van der Waals surface area contributed by atoms with Crippen LogP contribution >= 0.6 is 7.26 Å². The smallest absolute Gasteiger partial charge is 0.00128 e. The van der Waals surface area contributed by atoms with Gasteiger partial charge in [-0.25, -0.2) is 0 Å². The van der Waals surface area contributed by atoms with Crippen molar-refractivity contribution >= 4 is 23.2 Å². The first-order chi connectivity index (χ1) is 14.1. The molecule has 2 N–H and O–H groups in total. The molecule has 0 aliphatic carbocycles. The normalized spacial score (nSPS) is 11.6. The molecule has 3 aromatic rings. The van der Waals surface area contributed by atoms with Crippen molar-refractivity contribution in [2.24, 2.45) is 5.73 Å². The first kappa shape index (κ1) is 23.3. The van der Waals surface area contributed by atoms with Crippen LogP contribution in [-0.4, -0.2) is 38.2 Å². The zero-order valence-electron chi connectivity index (χ0n) is 18.2. The molecule has 3 rings (SSSR count). The van der Waals surface area contributed by atoms with Crippen LogP contribution in [0.3, 0.4) is 0 Å². The molecule has 0 radical (unpaired) electrons. The van der Waals surface area contributed by atoms with Gasteiger partial charge in [-0.3, -0.25) is 0 Å². The van der Waals surface area contributed by atoms with E-state index >= 15 is 0 Å². The van der Waals surface area contributed by atoms with Crippen molar-refractivity contribution in [3.05, 3.63) is 91.0 Å². The molecule has 0 aliphatic rings. The molecule has 0 unspecified atom stereocenters. The first-order valence-corrected chi connectivity index (χ1v) is 12.9. The molecule has 156 valence electrons. The Kier molecular flexibility index (Phi) is 10.1. The van der Waals surface area contributed by atoms with Crippen molar-refractivity contribution in [2.75, 3.05) is 33.3 Å². The van der Waals surface area contributed by atoms with Gasteiger partial charge in [0.05, 0.1) is 0 Å². The van der Waals surface area contributed by atoms with Crippen LogP contribution in [0.2, 0.25) is 0 Å². The fourth-order valence-corrected chi connectivity index (χ4v) is 8.78. The average Bonchev–Trinajstić information content (AvgIpc) is 2.78. The van der Waals surface area contributed by atoms with Crippen LogP contribution in [0.5, 0.6) is 0 Å². The predicted molar refractivity (Wildman–Crippen MR) is 134 cm³/mol. The second-order valence-electron chi connectivity index (χ2n) is 7.70. The third kappa shape index (κ3) is 6.51. The second-order valence-corrected chi connectivity index (χ2v) is 11.7. The minimum atomic E-state index is -1.92. The molecule has 3 aromatic carbocycles. The van der Waals surface area contributed by atoms with Crippen molar-refractivity contribution < 1.29 is 0 Å². The van der Waals surface area contributed by atoms with Gasteiger partial charge in [-0.05, 0) is 33.6 Å². The van der Waals surface area contributed by atoms with Crippen LogP contribution in [0.4, 0.5) is 0 Å². The van der Waals surface area contributed by atoms with Gasteiger partial charge in [0.2, 0.25) is 0 Å². The van der Waals surface area contributed by atoms with Crippen LogP contribution in [0.25, 0.3) is 0 Å². The van der Waals surface area contributed by atoms with E-state index in [9.17, 15) is 0 Å². The Labute approximate surface area is 178 Å². The van der Waals surface area contributed by atoms with Crippen molar-refractivity contribution in [1.82, 2.24) is 4.90 Å². The average molecular weight is 409 g/mol. The van der Waals surface area contributed by atoms with E-state index in [1.54, 1.807) is 0 Å². The van der Waals surface area contributed by atoms with E-state index in [0.29, 0.717) is 0 Å². The standard InChI is InChI=1S/C21H23P.C5H14N2/c1-2-18-22(19-12-6-3-7-13-19,20-14-8-4-9-15-20)21-16-10-5-11-17-21;1-7(2)5-3-4-6/h3-17,22H,2,18H2,1H3;3-6H2,1-2H3. The Morgan fingerprint density at radius 2 is 1.07 bits per heavy atom. The van der Waals surface area contributed by atoms with Crippen molar-refractivity contribution in [3.8, 4) is 0 Å². The minimum absolute atomic E-state index is 0.804. The van der Waals surface area contributed by atoms with Gasteiger partial charge in [-0.1, -0.05) is 0 Å². The number of nitrogens with zero attached hydrogens (tertiary/aromatic N) is 1. The van der Waals surface area contributed by atoms with Gasteiger partial charge >= 0.3 is 134 Å². The van der Waals surface area contributed by atoms with Crippen molar-refractivity contribution in [2.45, 2.75) is 19.8 Å². The van der Waals surface area contributed by atoms with Gasteiger partial charge < -0.3 is 10.6 Å². The SMILES string of the molecule is CCC[PH](c1ccccc1)(c1ccccc1)c1ccccc1.CN(C)CCCN. The molecule has 0 fully saturated rings. The summed E-state index contributed by atoms with van der Waals surface area (Å²) in [6.45, 7) is 4.21. The Hall–Kier alpha value is -1.99. The van der Waals surface area contributed by atoms with E-state index < -0.39 is 7.26 Å². The first-order valence-electron chi connectivity index (χ1n) is 10.7. The Morgan fingerprint density at radius 3 is 1.31 bits per heavy atom. The maximum absolute atomic E-state index is 5.25. The molecule has 3 heteroatoms. The predicted octanol–water partition coefficient (Wildman–Crippen LogP) is 4.02. The summed E-state index contributed by atoms with van der Waals surface area (Å²) in [7, 11) is 2.18. The number of hydrogen-bond acceptors (Lipinski definition) is 2. The molecule has 0 amide bonds. The molecule has 2 nitrogen and oxygen atoms in total. The van der Waals surface area contributed by atoms with Crippen LogP contribution in [0.1, 0.15) is 19.8 Å². The minimum Gasteiger partial charge on any atom is -0.330 e. The quantitative estimate of drug-likeness (QED) is 0.571. The third-order valence-electron chi connectivity index (χ3n) is 5.23. The fraction of sp³-hybridized carbons (Fsp3) is 0.308. The summed E-state index contributed by atoms with van der Waals surface area (Å²) in [5.41, 5.74) is 5.25. The fourth-order valence-electron chi connectivity index (χ4n) is 3.88. The summed E-state index contributed by atoms with van der Waals surface area (Å²) in [4.78, 5) is 2.13. The zero-order valence-corrected chi connectivity index (χ0v) is 19.2. The van der Waals surface area contributed by atoms with E-state index in [1.165, 1.54) is 28.5 Å². The van der Waals surface area contributed by atoms with Gasteiger partial charge in [0.1, 0.15) is 0 Å². The molecular formula is C26H37N2P. The monoisotopic (exact) mass is 408 g/mol. The molecule has 0 atom stereocenters. The maximum Gasteiger partial charge on any atom is -0.00128 e. The molecule has 0 bridgehead atoms. The third-order valence-corrected chi connectivity index (χ3v) is 10.4. The van der Waals surface area contributed by atoms with Crippen LogP contribution in [0.15, 0.2) is 91.0 Å². The van der Waals surface area contributed by atoms with Crippen molar-refractivity contribution in [3.63, 3.8) is 0 Å². The number of benzene rings is 3. The van der Waals surface area contributed by atoms with Crippen molar-refractivity contribution in [1.29, 1.82) is 0 Å². The van der Waals surface area contributed by atoms with Gasteiger partial charge in [0.15, 0.2) is 0 Å². The Bertz CT molecular complexity index is 692. The van der Waals surface area contributed by atoms with Gasteiger partial charge in [-0.2, -0.15) is 0 Å². The van der Waals surface area contributed by atoms with Gasteiger partial charge in [0.25, 0.3) is 0 Å². The van der Waals surface area contributed by atoms with Crippen LogP contribution < -0.4 is 21.6 Å². The van der Waals surface area contributed by atoms with Gasteiger partial charge in [-0.15, -0.1) is 0 Å². The maximum atomic E-state index is 5.25. The summed E-state index contributed by atoms with van der Waals surface area (Å²) >= 11 is 0. The van der Waals surface area contributed by atoms with E-state index in [4.69, 9.17) is 5.73 Å². The van der Waals surface area contributed by atoms with E-state index in [1.807, 2.05) is 0 Å². The molecule has 0 saturated carbocycles. The molecule has 0 aromatic heterocycles. The largest absolute Gasteiger partial charge is 0.330 e. The number of hydrogen-bond donors (Lipinski definition) is 1. The van der Waals surface area contributed by atoms with Crippen LogP contribution in [0, 0.1) is 0 Å². The summed E-state index contributed by atoms with van der Waals surface area (Å²) in [5.74, 6) is 0. The van der Waals surface area contributed by atoms with E-state index in [2.05, 4.69) is 117 Å². The van der Waals surface area contributed by atoms with E-state index in [0.717, 1.165) is 19.5 Å². The van der Waals surface area contributed by atoms with Gasteiger partial charge in [0, 0.05) is 0 Å². The summed E-state index contributed by atoms with van der Waals surface area (Å²) in [6.07, 6.45) is 3.54. The zero-order chi connectivity index (χ0) is 21.0. The molecule has 0 aliphatic heterocycles. The second kappa shape index (κ2) is 12.5. The van der Waals surface area contributed by atoms with E-state index in [-0.39, 0.29) is 0 Å². The molecule has 0 heterocycles. The molecule has 29 heavy (non-hydrogen) atoms. The molecule has 0 saturated heterocycles. The number of nitrogens with two attached hydrogens (primary N) is 1. The topological polar surface area (TPSA) is 29.3 Å². The summed E-state index contributed by atoms with van der Waals surface area (Å²) in [5, 5.41) is 4.53.